The lowest BCUT2D eigenvalue weighted by Crippen LogP contribution is -2.35. The number of alkyl halides is 1. The maximum Gasteiger partial charge on any atom is 0.140 e. The Bertz CT molecular complexity index is 777. The van der Waals surface area contributed by atoms with Crippen LogP contribution in [0.4, 0.5) is 4.39 Å². The lowest BCUT2D eigenvalue weighted by Gasteiger charge is -2.30. The van der Waals surface area contributed by atoms with Gasteiger partial charge in [-0.25, -0.2) is 9.37 Å². The fourth-order valence-corrected chi connectivity index (χ4v) is 4.05. The van der Waals surface area contributed by atoms with Crippen molar-refractivity contribution < 1.29 is 9.13 Å². The monoisotopic (exact) mass is 342 g/mol. The molecule has 5 nitrogen and oxygen atoms in total. The summed E-state index contributed by atoms with van der Waals surface area (Å²) in [4.78, 5) is 9.89. The van der Waals surface area contributed by atoms with E-state index >= 15 is 0 Å². The summed E-state index contributed by atoms with van der Waals surface area (Å²) in [7, 11) is 0. The molecule has 1 aromatic heterocycles. The molecule has 2 aromatic rings. The standard InChI is InChI=1S/C19H23FN4O/c20-15-10-24(14-4-2-1-3-5-14)11-18(15)25-12-19-22-16-7-6-13(9-21)8-17(16)23-19/h6-8,14-15,18H,1-5,10-12H2,(H,22,23). The molecule has 0 radical (unpaired) electrons. The number of imidazole rings is 1. The number of ether oxygens (including phenoxy) is 1. The molecule has 1 aromatic carbocycles. The van der Waals surface area contributed by atoms with Gasteiger partial charge in [0.05, 0.1) is 22.7 Å². The van der Waals surface area contributed by atoms with Gasteiger partial charge in [0.2, 0.25) is 0 Å². The molecule has 2 unspecified atom stereocenters. The molecule has 1 aliphatic carbocycles. The maximum atomic E-state index is 14.4. The molecule has 0 spiro atoms. The van der Waals surface area contributed by atoms with Crippen molar-refractivity contribution in [1.82, 2.24) is 14.9 Å². The van der Waals surface area contributed by atoms with Gasteiger partial charge < -0.3 is 9.72 Å². The quantitative estimate of drug-likeness (QED) is 0.926. The van der Waals surface area contributed by atoms with Crippen LogP contribution < -0.4 is 0 Å². The zero-order chi connectivity index (χ0) is 17.2. The Labute approximate surface area is 146 Å². The van der Waals surface area contributed by atoms with Gasteiger partial charge >= 0.3 is 0 Å². The molecule has 2 fully saturated rings. The van der Waals surface area contributed by atoms with E-state index in [4.69, 9.17) is 10.00 Å². The van der Waals surface area contributed by atoms with Gasteiger partial charge in [-0.1, -0.05) is 19.3 Å². The van der Waals surface area contributed by atoms with Gasteiger partial charge in [-0.3, -0.25) is 4.90 Å². The van der Waals surface area contributed by atoms with Crippen molar-refractivity contribution in [3.63, 3.8) is 0 Å². The van der Waals surface area contributed by atoms with Crippen molar-refractivity contribution in [3.05, 3.63) is 29.6 Å². The third-order valence-corrected chi connectivity index (χ3v) is 5.41. The van der Waals surface area contributed by atoms with Gasteiger partial charge in [-0.15, -0.1) is 0 Å². The minimum Gasteiger partial charge on any atom is -0.366 e. The van der Waals surface area contributed by atoms with Crippen LogP contribution in [0.1, 0.15) is 43.5 Å². The summed E-state index contributed by atoms with van der Waals surface area (Å²) in [6.07, 6.45) is 4.87. The van der Waals surface area contributed by atoms with Crippen molar-refractivity contribution in [2.24, 2.45) is 0 Å². The second-order valence-corrected chi connectivity index (χ2v) is 7.14. The number of rotatable bonds is 4. The van der Waals surface area contributed by atoms with E-state index in [0.29, 0.717) is 30.5 Å². The second kappa shape index (κ2) is 7.11. The largest absolute Gasteiger partial charge is 0.366 e. The van der Waals surface area contributed by atoms with Crippen LogP contribution in [0.3, 0.4) is 0 Å². The normalized spacial score (nSPS) is 25.4. The molecule has 1 N–H and O–H groups in total. The van der Waals surface area contributed by atoms with Crippen LogP contribution >= 0.6 is 0 Å². The first-order chi connectivity index (χ1) is 12.2. The van der Waals surface area contributed by atoms with Crippen LogP contribution in [0.25, 0.3) is 11.0 Å². The molecule has 1 saturated carbocycles. The van der Waals surface area contributed by atoms with E-state index in [9.17, 15) is 4.39 Å². The minimum atomic E-state index is -0.934. The Morgan fingerprint density at radius 3 is 2.92 bits per heavy atom. The molecule has 6 heteroatoms. The van der Waals surface area contributed by atoms with Crippen molar-refractivity contribution in [1.29, 1.82) is 5.26 Å². The van der Waals surface area contributed by atoms with E-state index in [1.165, 1.54) is 32.1 Å². The Kier molecular flexibility index (Phi) is 4.69. The highest BCUT2D eigenvalue weighted by Gasteiger charge is 2.37. The molecule has 1 saturated heterocycles. The first-order valence-corrected chi connectivity index (χ1v) is 9.11. The van der Waals surface area contributed by atoms with Gasteiger partial charge in [0.25, 0.3) is 0 Å². The van der Waals surface area contributed by atoms with Crippen LogP contribution in [0.15, 0.2) is 18.2 Å². The lowest BCUT2D eigenvalue weighted by molar-refractivity contribution is 0.00726. The zero-order valence-electron chi connectivity index (χ0n) is 14.2. The van der Waals surface area contributed by atoms with Crippen LogP contribution in [-0.2, 0) is 11.3 Å². The third-order valence-electron chi connectivity index (χ3n) is 5.41. The van der Waals surface area contributed by atoms with E-state index in [-0.39, 0.29) is 12.7 Å². The number of nitriles is 1. The Morgan fingerprint density at radius 2 is 2.12 bits per heavy atom. The molecular formula is C19H23FN4O. The van der Waals surface area contributed by atoms with Crippen molar-refractivity contribution in [3.8, 4) is 6.07 Å². The second-order valence-electron chi connectivity index (χ2n) is 7.14. The maximum absolute atomic E-state index is 14.4. The Hall–Kier alpha value is -1.97. The predicted molar refractivity (Wildman–Crippen MR) is 92.7 cm³/mol. The fraction of sp³-hybridized carbons (Fsp3) is 0.579. The smallest absolute Gasteiger partial charge is 0.140 e. The molecule has 2 atom stereocenters. The number of aromatic amines is 1. The van der Waals surface area contributed by atoms with Gasteiger partial charge in [0.1, 0.15) is 24.7 Å². The predicted octanol–water partition coefficient (Wildman–Crippen LogP) is 3.31. The van der Waals surface area contributed by atoms with Crippen LogP contribution in [0, 0.1) is 11.3 Å². The molecule has 4 rings (SSSR count). The average Bonchev–Trinajstić information content (AvgIpc) is 3.22. The van der Waals surface area contributed by atoms with Crippen molar-refractivity contribution in [2.75, 3.05) is 13.1 Å². The molecule has 25 heavy (non-hydrogen) atoms. The first kappa shape index (κ1) is 16.5. The number of nitrogens with zero attached hydrogens (tertiary/aromatic N) is 3. The first-order valence-electron chi connectivity index (χ1n) is 9.11. The number of likely N-dealkylation sites (tertiary alicyclic amines) is 1. The summed E-state index contributed by atoms with van der Waals surface area (Å²) in [5.41, 5.74) is 2.20. The summed E-state index contributed by atoms with van der Waals surface area (Å²) >= 11 is 0. The molecule has 0 bridgehead atoms. The number of halogens is 1. The number of benzene rings is 1. The number of aromatic nitrogens is 2. The SMILES string of the molecule is N#Cc1ccc2nc(COC3CN(C4CCCCC4)CC3F)[nH]c2c1. The number of hydrogen-bond acceptors (Lipinski definition) is 4. The van der Waals surface area contributed by atoms with Crippen LogP contribution in [0.2, 0.25) is 0 Å². The molecule has 1 aliphatic heterocycles. The van der Waals surface area contributed by atoms with Gasteiger partial charge in [-0.05, 0) is 31.0 Å². The molecule has 0 amide bonds. The Balaban J connectivity index is 1.37. The number of hydrogen-bond donors (Lipinski definition) is 1. The highest BCUT2D eigenvalue weighted by atomic mass is 19.1. The summed E-state index contributed by atoms with van der Waals surface area (Å²) < 4.78 is 20.2. The summed E-state index contributed by atoms with van der Waals surface area (Å²) in [6, 6.07) is 7.96. The summed E-state index contributed by atoms with van der Waals surface area (Å²) in [6.45, 7) is 1.42. The number of fused-ring (bicyclic) bond motifs is 1. The van der Waals surface area contributed by atoms with E-state index < -0.39 is 6.17 Å². The van der Waals surface area contributed by atoms with Gasteiger partial charge in [0.15, 0.2) is 0 Å². The third kappa shape index (κ3) is 3.53. The topological polar surface area (TPSA) is 64.9 Å². The molecule has 2 aliphatic rings. The highest BCUT2D eigenvalue weighted by Crippen LogP contribution is 2.28. The fourth-order valence-electron chi connectivity index (χ4n) is 4.05. The van der Waals surface area contributed by atoms with Crippen LogP contribution in [-0.4, -0.2) is 46.3 Å². The van der Waals surface area contributed by atoms with Crippen molar-refractivity contribution >= 4 is 11.0 Å². The van der Waals surface area contributed by atoms with E-state index in [1.807, 2.05) is 6.07 Å². The van der Waals surface area contributed by atoms with Gasteiger partial charge in [-0.2, -0.15) is 5.26 Å². The average molecular weight is 342 g/mol. The lowest BCUT2D eigenvalue weighted by atomic mass is 9.94. The number of nitrogens with one attached hydrogen (secondary N) is 1. The van der Waals surface area contributed by atoms with Crippen LogP contribution in [0.5, 0.6) is 0 Å². The Morgan fingerprint density at radius 1 is 1.28 bits per heavy atom. The summed E-state index contributed by atoms with van der Waals surface area (Å²) in [5.74, 6) is 0.674. The minimum absolute atomic E-state index is 0.264. The van der Waals surface area contributed by atoms with E-state index in [1.54, 1.807) is 12.1 Å². The number of H-pyrrole nitrogens is 1. The molecule has 132 valence electrons. The van der Waals surface area contributed by atoms with Gasteiger partial charge in [0, 0.05) is 19.1 Å². The van der Waals surface area contributed by atoms with Crippen molar-refractivity contribution in [2.45, 2.75) is 57.0 Å². The zero-order valence-corrected chi connectivity index (χ0v) is 14.2. The highest BCUT2D eigenvalue weighted by molar-refractivity contribution is 5.76. The molecule has 2 heterocycles. The van der Waals surface area contributed by atoms with E-state index in [0.717, 1.165) is 11.0 Å². The summed E-state index contributed by atoms with van der Waals surface area (Å²) in [5, 5.41) is 8.96. The van der Waals surface area contributed by atoms with E-state index in [2.05, 4.69) is 20.9 Å². The molecular weight excluding hydrogens is 319 g/mol.